The van der Waals surface area contributed by atoms with Crippen molar-refractivity contribution >= 4 is 0 Å². The van der Waals surface area contributed by atoms with Crippen LogP contribution in [-0.2, 0) is 6.18 Å². The molecule has 1 heterocycles. The zero-order chi connectivity index (χ0) is 17.9. The molecule has 7 heteroatoms. The highest BCUT2D eigenvalue weighted by atomic mass is 19.4. The van der Waals surface area contributed by atoms with E-state index < -0.39 is 17.6 Å². The van der Waals surface area contributed by atoms with Crippen molar-refractivity contribution in [2.24, 2.45) is 0 Å². The van der Waals surface area contributed by atoms with Crippen molar-refractivity contribution in [3.05, 3.63) is 78.1 Å². The van der Waals surface area contributed by atoms with Gasteiger partial charge in [0.05, 0.1) is 5.56 Å². The topological polar surface area (TPSA) is 31.4 Å². The Hall–Kier alpha value is -3.09. The Bertz CT molecular complexity index is 863. The van der Waals surface area contributed by atoms with Gasteiger partial charge in [-0.05, 0) is 42.5 Å². The van der Waals surface area contributed by atoms with E-state index in [1.54, 1.807) is 12.1 Å². The van der Waals surface area contributed by atoms with E-state index in [4.69, 9.17) is 9.47 Å². The van der Waals surface area contributed by atoms with Crippen LogP contribution < -0.4 is 9.47 Å². The second kappa shape index (κ2) is 6.80. The third-order valence-electron chi connectivity index (χ3n) is 3.12. The zero-order valence-electron chi connectivity index (χ0n) is 12.6. The first-order valence-corrected chi connectivity index (χ1v) is 7.16. The minimum absolute atomic E-state index is 0.00116. The molecule has 2 aromatic carbocycles. The second-order valence-corrected chi connectivity index (χ2v) is 5.00. The van der Waals surface area contributed by atoms with Crippen LogP contribution in [0, 0.1) is 5.82 Å². The highest BCUT2D eigenvalue weighted by Gasteiger charge is 2.30. The molecule has 25 heavy (non-hydrogen) atoms. The summed E-state index contributed by atoms with van der Waals surface area (Å²) in [6, 6.07) is 14.4. The van der Waals surface area contributed by atoms with E-state index in [0.717, 1.165) is 12.1 Å². The number of nitrogens with zero attached hydrogens (tertiary/aromatic N) is 1. The first kappa shape index (κ1) is 16.8. The average molecular weight is 349 g/mol. The fraction of sp³-hybridized carbons (Fsp3) is 0.0556. The minimum atomic E-state index is -4.46. The summed E-state index contributed by atoms with van der Waals surface area (Å²) in [5, 5.41) is 0. The van der Waals surface area contributed by atoms with E-state index in [-0.39, 0.29) is 17.5 Å². The van der Waals surface area contributed by atoms with Crippen LogP contribution in [0.4, 0.5) is 17.6 Å². The number of alkyl halides is 3. The normalized spacial score (nSPS) is 11.2. The Morgan fingerprint density at radius 3 is 1.96 bits per heavy atom. The van der Waals surface area contributed by atoms with Crippen LogP contribution in [0.3, 0.4) is 0 Å². The lowest BCUT2D eigenvalue weighted by Gasteiger charge is -2.10. The predicted molar refractivity (Wildman–Crippen MR) is 82.2 cm³/mol. The fourth-order valence-corrected chi connectivity index (χ4v) is 1.99. The van der Waals surface area contributed by atoms with Gasteiger partial charge in [-0.1, -0.05) is 12.1 Å². The molecule has 0 aliphatic carbocycles. The quantitative estimate of drug-likeness (QED) is 0.556. The van der Waals surface area contributed by atoms with Gasteiger partial charge in [0.1, 0.15) is 17.3 Å². The molecule has 128 valence electrons. The summed E-state index contributed by atoms with van der Waals surface area (Å²) >= 11 is 0. The molecule has 0 amide bonds. The van der Waals surface area contributed by atoms with Gasteiger partial charge in [-0.2, -0.15) is 18.2 Å². The Morgan fingerprint density at radius 2 is 1.32 bits per heavy atom. The van der Waals surface area contributed by atoms with Gasteiger partial charge >= 0.3 is 6.18 Å². The maximum atomic E-state index is 12.9. The minimum Gasteiger partial charge on any atom is -0.439 e. The van der Waals surface area contributed by atoms with Crippen molar-refractivity contribution in [2.75, 3.05) is 0 Å². The number of ether oxygens (including phenoxy) is 2. The smallest absolute Gasteiger partial charge is 0.416 e. The van der Waals surface area contributed by atoms with Gasteiger partial charge in [0, 0.05) is 12.1 Å². The maximum Gasteiger partial charge on any atom is 0.416 e. The van der Waals surface area contributed by atoms with Gasteiger partial charge in [0.15, 0.2) is 0 Å². The molecule has 0 bridgehead atoms. The number of hydrogen-bond acceptors (Lipinski definition) is 3. The molecule has 0 fully saturated rings. The molecular weight excluding hydrogens is 338 g/mol. The van der Waals surface area contributed by atoms with Crippen LogP contribution in [0.5, 0.6) is 23.3 Å². The van der Waals surface area contributed by atoms with Crippen molar-refractivity contribution in [3.63, 3.8) is 0 Å². The summed E-state index contributed by atoms with van der Waals surface area (Å²) in [5.41, 5.74) is -0.816. The Balaban J connectivity index is 1.77. The van der Waals surface area contributed by atoms with Crippen LogP contribution in [0.25, 0.3) is 0 Å². The summed E-state index contributed by atoms with van der Waals surface area (Å²) < 4.78 is 61.9. The second-order valence-electron chi connectivity index (χ2n) is 5.00. The van der Waals surface area contributed by atoms with Crippen LogP contribution in [0.2, 0.25) is 0 Å². The number of rotatable bonds is 4. The van der Waals surface area contributed by atoms with Gasteiger partial charge in [-0.15, -0.1) is 0 Å². The third-order valence-corrected chi connectivity index (χ3v) is 3.12. The van der Waals surface area contributed by atoms with Crippen molar-refractivity contribution in [1.82, 2.24) is 4.98 Å². The van der Waals surface area contributed by atoms with Crippen molar-refractivity contribution < 1.29 is 27.0 Å². The van der Waals surface area contributed by atoms with Gasteiger partial charge < -0.3 is 9.47 Å². The molecule has 0 radical (unpaired) electrons. The molecule has 0 atom stereocenters. The first-order valence-electron chi connectivity index (χ1n) is 7.16. The highest BCUT2D eigenvalue weighted by Crippen LogP contribution is 2.32. The summed E-state index contributed by atoms with van der Waals surface area (Å²) in [4.78, 5) is 4.06. The molecule has 0 saturated heterocycles. The number of pyridine rings is 1. The zero-order valence-corrected chi connectivity index (χ0v) is 12.6. The first-order chi connectivity index (χ1) is 11.9. The molecule has 3 aromatic rings. The molecule has 0 aliphatic heterocycles. The molecule has 3 nitrogen and oxygen atoms in total. The summed E-state index contributed by atoms with van der Waals surface area (Å²) in [6.45, 7) is 0. The predicted octanol–water partition coefficient (Wildman–Crippen LogP) is 5.82. The van der Waals surface area contributed by atoms with E-state index in [1.807, 2.05) is 0 Å². The number of hydrogen-bond donors (Lipinski definition) is 0. The van der Waals surface area contributed by atoms with Gasteiger partial charge in [0.2, 0.25) is 11.8 Å². The molecule has 0 unspecified atom stereocenters. The lowest BCUT2D eigenvalue weighted by Crippen LogP contribution is -2.04. The van der Waals surface area contributed by atoms with E-state index in [0.29, 0.717) is 5.75 Å². The van der Waals surface area contributed by atoms with Crippen molar-refractivity contribution in [3.8, 4) is 23.3 Å². The Morgan fingerprint density at radius 1 is 0.720 bits per heavy atom. The van der Waals surface area contributed by atoms with E-state index >= 15 is 0 Å². The number of halogens is 4. The molecule has 0 spiro atoms. The van der Waals surface area contributed by atoms with Crippen molar-refractivity contribution in [2.45, 2.75) is 6.18 Å². The number of benzene rings is 2. The molecular formula is C18H11F4NO2. The lowest BCUT2D eigenvalue weighted by molar-refractivity contribution is -0.137. The monoisotopic (exact) mass is 349 g/mol. The SMILES string of the molecule is Fc1ccc(Oc2cccc(Oc3cccc(C(F)(F)F)c3)n2)cc1. The molecule has 1 aromatic heterocycles. The van der Waals surface area contributed by atoms with Crippen LogP contribution in [0.1, 0.15) is 5.56 Å². The van der Waals surface area contributed by atoms with E-state index in [1.165, 1.54) is 42.5 Å². The Labute approximate surface area is 140 Å². The molecule has 0 N–H and O–H groups in total. The van der Waals surface area contributed by atoms with Gasteiger partial charge in [-0.25, -0.2) is 4.39 Å². The summed E-state index contributed by atoms with van der Waals surface area (Å²) in [7, 11) is 0. The molecule has 3 rings (SSSR count). The molecule has 0 saturated carbocycles. The van der Waals surface area contributed by atoms with Crippen LogP contribution >= 0.6 is 0 Å². The fourth-order valence-electron chi connectivity index (χ4n) is 1.99. The standard InChI is InChI=1S/C18H11F4NO2/c19-13-7-9-14(10-8-13)24-16-5-2-6-17(23-16)25-15-4-1-3-12(11-15)18(20,21)22/h1-11H. The lowest BCUT2D eigenvalue weighted by atomic mass is 10.2. The average Bonchev–Trinajstić information content (AvgIpc) is 2.57. The van der Waals surface area contributed by atoms with Crippen LogP contribution in [-0.4, -0.2) is 4.98 Å². The van der Waals surface area contributed by atoms with Gasteiger partial charge in [-0.3, -0.25) is 0 Å². The third kappa shape index (κ3) is 4.47. The number of aromatic nitrogens is 1. The van der Waals surface area contributed by atoms with Crippen molar-refractivity contribution in [1.29, 1.82) is 0 Å². The highest BCUT2D eigenvalue weighted by molar-refractivity contribution is 5.34. The summed E-state index contributed by atoms with van der Waals surface area (Å²) in [5.74, 6) is 0.198. The van der Waals surface area contributed by atoms with E-state index in [9.17, 15) is 17.6 Å². The Kier molecular flexibility index (Phi) is 4.56. The van der Waals surface area contributed by atoms with E-state index in [2.05, 4.69) is 4.98 Å². The summed E-state index contributed by atoms with van der Waals surface area (Å²) in [6.07, 6.45) is -4.46. The largest absolute Gasteiger partial charge is 0.439 e. The van der Waals surface area contributed by atoms with Crippen LogP contribution in [0.15, 0.2) is 66.7 Å². The maximum absolute atomic E-state index is 12.9. The molecule has 0 aliphatic rings. The van der Waals surface area contributed by atoms with Gasteiger partial charge in [0.25, 0.3) is 0 Å².